The minimum absolute atomic E-state index is 0. The standard InChI is InChI=1S/6In.4Sb.30H. The van der Waals surface area contributed by atoms with Gasteiger partial charge in [0.2, 0.25) is 0 Å². The zero-order valence-electron chi connectivity index (χ0n) is 2.83. The van der Waals surface area contributed by atoms with Gasteiger partial charge in [0.1, 0.15) is 0 Å². The Hall–Kier alpha value is 8.49. The Balaban J connectivity index is 0. The van der Waals surface area contributed by atoms with Crippen molar-refractivity contribution < 1.29 is 0 Å². The molecule has 0 nitrogen and oxygen atoms in total. The third-order valence-corrected chi connectivity index (χ3v) is 0. The Morgan fingerprint density at radius 3 is 0.200 bits per heavy atom. The monoisotopic (exact) mass is 1200 g/mol. The van der Waals surface area contributed by atoms with Crippen molar-refractivity contribution >= 4 is 253 Å². The molecule has 0 aliphatic heterocycles. The van der Waals surface area contributed by atoms with E-state index in [9.17, 15) is 0 Å². The molecule has 68 valence electrons. The molecule has 0 fully saturated rings. The van der Waals surface area contributed by atoms with E-state index in [4.69, 9.17) is 0 Å². The number of hydrogen-bond acceptors (Lipinski definition) is 0. The second kappa shape index (κ2) is 66.0. The van der Waals surface area contributed by atoms with Crippen LogP contribution >= 0.6 is 0 Å². The van der Waals surface area contributed by atoms with Crippen LogP contribution in [0.25, 0.3) is 0 Å². The van der Waals surface area contributed by atoms with Gasteiger partial charge in [0.05, 0.1) is 0 Å². The van der Waals surface area contributed by atoms with Crippen LogP contribution in [0.3, 0.4) is 0 Å². The van der Waals surface area contributed by atoms with Gasteiger partial charge in [-0.3, -0.25) is 0 Å². The van der Waals surface area contributed by atoms with Crippen LogP contribution in [0.2, 0.25) is 0 Å². The van der Waals surface area contributed by atoms with Gasteiger partial charge in [-0.15, -0.1) is 0 Å². The number of rotatable bonds is 0. The molecule has 10 heavy (non-hydrogen) atoms. The quantitative estimate of drug-likeness (QED) is 0.212. The summed E-state index contributed by atoms with van der Waals surface area (Å²) < 4.78 is 0. The average Bonchev–Trinajstić information content (AvgIpc) is 0. The predicted molar refractivity (Wildman–Crippen MR) is 99.4 cm³/mol. The van der Waals surface area contributed by atoms with Crippen LogP contribution < -0.4 is 0 Å². The molecule has 0 aromatic heterocycles. The first-order valence-corrected chi connectivity index (χ1v) is 0. The zero-order valence-corrected chi connectivity index (χ0v) is 19.0. The second-order valence-corrected chi connectivity index (χ2v) is 0. The molecule has 0 radical (unpaired) electrons. The molecule has 0 bridgehead atoms. The first-order chi connectivity index (χ1) is 0. The van der Waals surface area contributed by atoms with Crippen molar-refractivity contribution in [1.82, 2.24) is 0 Å². The van der Waals surface area contributed by atoms with E-state index in [0.717, 1.165) is 0 Å². The Morgan fingerprint density at radius 2 is 0.200 bits per heavy atom. The maximum absolute atomic E-state index is 0. The zero-order chi connectivity index (χ0) is 0. The van der Waals surface area contributed by atoms with Crippen LogP contribution in [-0.4, -0.2) is 253 Å². The van der Waals surface area contributed by atoms with Gasteiger partial charge < -0.3 is 0 Å². The molecule has 0 heterocycles. The molecule has 0 rings (SSSR count). The van der Waals surface area contributed by atoms with Crippen LogP contribution in [0.5, 0.6) is 0 Å². The molecule has 10 heteroatoms. The summed E-state index contributed by atoms with van der Waals surface area (Å²) in [6.07, 6.45) is 0. The van der Waals surface area contributed by atoms with E-state index in [2.05, 4.69) is 0 Å². The van der Waals surface area contributed by atoms with Crippen LogP contribution in [0, 0.1) is 0 Å². The third-order valence-electron chi connectivity index (χ3n) is 0. The van der Waals surface area contributed by atoms with Gasteiger partial charge in [-0.25, -0.2) is 0 Å². The van der Waals surface area contributed by atoms with E-state index in [1.807, 2.05) is 0 Å². The summed E-state index contributed by atoms with van der Waals surface area (Å²) in [7, 11) is 0. The molecule has 0 saturated heterocycles. The molecule has 0 amide bonds. The molecular formula is H30In6Sb4. The van der Waals surface area contributed by atoms with Gasteiger partial charge in [-0.05, 0) is 0 Å². The van der Waals surface area contributed by atoms with Crippen molar-refractivity contribution in [3.05, 3.63) is 0 Å². The molecule has 0 atom stereocenters. The summed E-state index contributed by atoms with van der Waals surface area (Å²) in [6.45, 7) is 0. The second-order valence-electron chi connectivity index (χ2n) is 0. The summed E-state index contributed by atoms with van der Waals surface area (Å²) in [6, 6.07) is 0. The summed E-state index contributed by atoms with van der Waals surface area (Å²) in [5, 5.41) is 0. The summed E-state index contributed by atoms with van der Waals surface area (Å²) in [5.74, 6) is 0. The first kappa shape index (κ1) is 78.5. The molecule has 0 aromatic carbocycles. The van der Waals surface area contributed by atoms with Crippen molar-refractivity contribution in [3.8, 4) is 0 Å². The topological polar surface area (TPSA) is 0 Å². The molecule has 0 saturated carbocycles. The molecule has 0 N–H and O–H groups in total. The molecule has 0 aromatic rings. The fourth-order valence-corrected chi connectivity index (χ4v) is 0. The van der Waals surface area contributed by atoms with Gasteiger partial charge in [0, 0.05) is 0 Å². The van der Waals surface area contributed by atoms with Crippen LogP contribution in [-0.2, 0) is 0 Å². The van der Waals surface area contributed by atoms with Gasteiger partial charge in [-0.2, -0.15) is 0 Å². The fourth-order valence-electron chi connectivity index (χ4n) is 0. The number of hydrogen-bond donors (Lipinski definition) is 0. The molecule has 0 aliphatic carbocycles. The molecule has 0 spiro atoms. The summed E-state index contributed by atoms with van der Waals surface area (Å²) in [4.78, 5) is 0. The van der Waals surface area contributed by atoms with E-state index in [1.54, 1.807) is 0 Å². The van der Waals surface area contributed by atoms with Crippen molar-refractivity contribution in [2.75, 3.05) is 0 Å². The Kier molecular flexibility index (Phi) is 518. The summed E-state index contributed by atoms with van der Waals surface area (Å²) in [5.41, 5.74) is 0. The van der Waals surface area contributed by atoms with Gasteiger partial charge >= 0.3 is 253 Å². The Labute approximate surface area is 245 Å². The molecule has 0 aliphatic rings. The molecule has 0 unspecified atom stereocenters. The maximum atomic E-state index is 0. The Bertz CT molecular complexity index is 9.71. The summed E-state index contributed by atoms with van der Waals surface area (Å²) >= 11 is 0. The van der Waals surface area contributed by atoms with Crippen LogP contribution in [0.15, 0.2) is 0 Å². The van der Waals surface area contributed by atoms with Gasteiger partial charge in [0.25, 0.3) is 0 Å². The third kappa shape index (κ3) is 54.9. The van der Waals surface area contributed by atoms with E-state index in [1.165, 1.54) is 0 Å². The van der Waals surface area contributed by atoms with E-state index in [0.29, 0.717) is 0 Å². The van der Waals surface area contributed by atoms with Crippen molar-refractivity contribution in [2.45, 2.75) is 0 Å². The fraction of sp³-hybridized carbons (Fsp3) is 0. The van der Waals surface area contributed by atoms with Crippen LogP contribution in [0.4, 0.5) is 0 Å². The molecular weight excluding hydrogens is 1180 g/mol. The Morgan fingerprint density at radius 1 is 0.200 bits per heavy atom. The van der Waals surface area contributed by atoms with E-state index >= 15 is 0 Å². The average molecular weight is 1210 g/mol. The van der Waals surface area contributed by atoms with Gasteiger partial charge in [-0.1, -0.05) is 0 Å². The normalized spacial score (nSPS) is 0. The van der Waals surface area contributed by atoms with Gasteiger partial charge in [0.15, 0.2) is 0 Å². The van der Waals surface area contributed by atoms with Crippen molar-refractivity contribution in [1.29, 1.82) is 0 Å². The van der Waals surface area contributed by atoms with Crippen LogP contribution in [0.1, 0.15) is 0 Å². The first-order valence-electron chi connectivity index (χ1n) is 0. The van der Waals surface area contributed by atoms with E-state index < -0.39 is 0 Å². The van der Waals surface area contributed by atoms with E-state index in [-0.39, 0.29) is 253 Å². The SMILES string of the molecule is [InH3].[InH3].[InH3].[InH3].[InH3].[InH3].[SbH3].[SbH3].[SbH3].[SbH3]. The predicted octanol–water partition coefficient (Wildman–Crippen LogP) is -11.8. The minimum atomic E-state index is 0. The van der Waals surface area contributed by atoms with Crippen molar-refractivity contribution in [3.63, 3.8) is 0 Å². The van der Waals surface area contributed by atoms with Crippen molar-refractivity contribution in [2.24, 2.45) is 0 Å².